The molecule has 5 heteroatoms. The van der Waals surface area contributed by atoms with Crippen LogP contribution in [0.15, 0.2) is 46.7 Å². The lowest BCUT2D eigenvalue weighted by Gasteiger charge is -2.40. The van der Waals surface area contributed by atoms with Crippen molar-refractivity contribution in [3.63, 3.8) is 0 Å². The first kappa shape index (κ1) is 20.3. The highest BCUT2D eigenvalue weighted by Gasteiger charge is 2.69. The van der Waals surface area contributed by atoms with Crippen LogP contribution < -0.4 is 0 Å². The Kier molecular flexibility index (Phi) is 5.62. The van der Waals surface area contributed by atoms with E-state index in [0.717, 1.165) is 0 Å². The van der Waals surface area contributed by atoms with Crippen LogP contribution in [0.4, 0.5) is 0 Å². The van der Waals surface area contributed by atoms with Crippen molar-refractivity contribution in [1.82, 2.24) is 0 Å². The molecule has 1 aliphatic carbocycles. The smallest absolute Gasteiger partial charge is 0.303 e. The van der Waals surface area contributed by atoms with Gasteiger partial charge in [0.2, 0.25) is 0 Å². The number of thioether (sulfide) groups is 1. The zero-order valence-electron chi connectivity index (χ0n) is 16.4. The van der Waals surface area contributed by atoms with Crippen LogP contribution in [0.25, 0.3) is 0 Å². The molecular formula is C20H30O3SSi. The zero-order valence-corrected chi connectivity index (χ0v) is 18.2. The van der Waals surface area contributed by atoms with E-state index >= 15 is 0 Å². The number of hydrogen-bond donors (Lipinski definition) is 0. The van der Waals surface area contributed by atoms with E-state index in [1.54, 1.807) is 11.8 Å². The highest BCUT2D eigenvalue weighted by Crippen LogP contribution is 2.58. The Morgan fingerprint density at radius 3 is 2.36 bits per heavy atom. The van der Waals surface area contributed by atoms with Crippen molar-refractivity contribution in [3.8, 4) is 0 Å². The Labute approximate surface area is 157 Å². The molecular weight excluding hydrogens is 348 g/mol. The summed E-state index contributed by atoms with van der Waals surface area (Å²) in [6, 6.07) is 10.2. The molecule has 0 heterocycles. The lowest BCUT2D eigenvalue weighted by Crippen LogP contribution is -2.47. The zero-order chi connectivity index (χ0) is 18.9. The lowest BCUT2D eigenvalue weighted by molar-refractivity contribution is -0.150. The maximum absolute atomic E-state index is 11.5. The fraction of sp³-hybridized carbons (Fsp3) is 0.550. The summed E-state index contributed by atoms with van der Waals surface area (Å²) < 4.78 is 12.3. The predicted octanol–water partition coefficient (Wildman–Crippen LogP) is 5.78. The molecule has 25 heavy (non-hydrogen) atoms. The van der Waals surface area contributed by atoms with Crippen LogP contribution in [-0.4, -0.2) is 25.5 Å². The second kappa shape index (κ2) is 6.93. The Morgan fingerprint density at radius 1 is 1.24 bits per heavy atom. The van der Waals surface area contributed by atoms with Gasteiger partial charge in [0.15, 0.2) is 8.32 Å². The monoisotopic (exact) mass is 378 g/mol. The van der Waals surface area contributed by atoms with Gasteiger partial charge in [0, 0.05) is 18.2 Å². The van der Waals surface area contributed by atoms with E-state index in [9.17, 15) is 4.79 Å². The van der Waals surface area contributed by atoms with Gasteiger partial charge in [0.05, 0.1) is 0 Å². The van der Waals surface area contributed by atoms with Gasteiger partial charge in [-0.25, -0.2) is 0 Å². The molecule has 0 N–H and O–H groups in total. The van der Waals surface area contributed by atoms with Gasteiger partial charge in [-0.1, -0.05) is 50.7 Å². The van der Waals surface area contributed by atoms with Crippen LogP contribution >= 0.6 is 11.8 Å². The van der Waals surface area contributed by atoms with Gasteiger partial charge in [0.1, 0.15) is 11.2 Å². The fourth-order valence-electron chi connectivity index (χ4n) is 2.64. The number of esters is 1. The quantitative estimate of drug-likeness (QED) is 0.357. The molecule has 0 aliphatic heterocycles. The van der Waals surface area contributed by atoms with Gasteiger partial charge in [0.25, 0.3) is 0 Å². The summed E-state index contributed by atoms with van der Waals surface area (Å²) in [6.45, 7) is 14.6. The second-order valence-corrected chi connectivity index (χ2v) is 14.2. The average molecular weight is 379 g/mol. The molecule has 0 aromatic heterocycles. The third kappa shape index (κ3) is 4.57. The van der Waals surface area contributed by atoms with Crippen LogP contribution in [-0.2, 0) is 14.0 Å². The van der Waals surface area contributed by atoms with Gasteiger partial charge in [-0.3, -0.25) is 4.79 Å². The summed E-state index contributed by atoms with van der Waals surface area (Å²) in [5, 5.41) is 2.16. The molecule has 3 nitrogen and oxygen atoms in total. The van der Waals surface area contributed by atoms with E-state index in [1.807, 2.05) is 25.1 Å². The molecule has 0 bridgehead atoms. The summed E-state index contributed by atoms with van der Waals surface area (Å²) >= 11 is 1.65. The molecule has 1 saturated carbocycles. The molecule has 1 fully saturated rings. The van der Waals surface area contributed by atoms with Crippen LogP contribution in [0.1, 0.15) is 41.0 Å². The number of benzene rings is 1. The molecule has 0 spiro atoms. The van der Waals surface area contributed by atoms with Crippen molar-refractivity contribution in [2.24, 2.45) is 0 Å². The largest absolute Gasteiger partial charge is 0.456 e. The van der Waals surface area contributed by atoms with Crippen LogP contribution in [0.2, 0.25) is 18.1 Å². The average Bonchev–Trinajstić information content (AvgIpc) is 2.99. The van der Waals surface area contributed by atoms with Gasteiger partial charge >= 0.3 is 5.97 Å². The maximum Gasteiger partial charge on any atom is 0.303 e. The maximum atomic E-state index is 11.5. The molecule has 0 saturated heterocycles. The van der Waals surface area contributed by atoms with Crippen LogP contribution in [0.3, 0.4) is 0 Å². The number of carbonyl (C=O) groups is 1. The predicted molar refractivity (Wildman–Crippen MR) is 107 cm³/mol. The van der Waals surface area contributed by atoms with E-state index in [2.05, 4.69) is 57.5 Å². The van der Waals surface area contributed by atoms with Crippen molar-refractivity contribution in [1.29, 1.82) is 0 Å². The van der Waals surface area contributed by atoms with Gasteiger partial charge < -0.3 is 9.16 Å². The van der Waals surface area contributed by atoms with Gasteiger partial charge in [-0.05, 0) is 48.7 Å². The summed E-state index contributed by atoms with van der Waals surface area (Å²) in [5.74, 6) is -0.257. The van der Waals surface area contributed by atoms with Gasteiger partial charge in [-0.2, -0.15) is 0 Å². The van der Waals surface area contributed by atoms with E-state index in [1.165, 1.54) is 11.8 Å². The molecule has 0 radical (unpaired) electrons. The summed E-state index contributed by atoms with van der Waals surface area (Å²) in [6.07, 6.45) is 2.80. The van der Waals surface area contributed by atoms with E-state index in [4.69, 9.17) is 9.16 Å². The Morgan fingerprint density at radius 2 is 1.84 bits per heavy atom. The topological polar surface area (TPSA) is 35.5 Å². The minimum Gasteiger partial charge on any atom is -0.456 e. The minimum atomic E-state index is -2.00. The van der Waals surface area contributed by atoms with Crippen LogP contribution in [0.5, 0.6) is 0 Å². The first-order valence-corrected chi connectivity index (χ1v) is 12.5. The third-order valence-electron chi connectivity index (χ3n) is 5.27. The molecule has 138 valence electrons. The Bertz CT molecular complexity index is 651. The standard InChI is InChI=1S/C20H30O3SSi/c1-16(21)22-19(5)15-20(19,23-25(6,7)18(2,3)4)13-14-24-17-11-9-8-10-12-17/h8-14H,15H2,1-7H3/b14-13+/t19-,20-/m1/s1. The fourth-order valence-corrected chi connectivity index (χ4v) is 4.97. The first-order chi connectivity index (χ1) is 11.4. The summed E-state index contributed by atoms with van der Waals surface area (Å²) in [5.41, 5.74) is -1.11. The first-order valence-electron chi connectivity index (χ1n) is 8.70. The SMILES string of the molecule is CC(=O)O[C@]1(C)C[C@@]1(/C=C/Sc1ccccc1)O[Si](C)(C)C(C)(C)C. The molecule has 0 amide bonds. The molecule has 0 unspecified atom stereocenters. The van der Waals surface area contributed by atoms with Crippen molar-refractivity contribution < 1.29 is 14.0 Å². The Hall–Kier alpha value is -1.04. The van der Waals surface area contributed by atoms with Crippen molar-refractivity contribution in [2.45, 2.75) is 75.3 Å². The second-order valence-electron chi connectivity index (χ2n) is 8.49. The van der Waals surface area contributed by atoms with E-state index < -0.39 is 19.5 Å². The molecule has 1 aliphatic rings. The minimum absolute atomic E-state index is 0.0974. The van der Waals surface area contributed by atoms with Gasteiger partial charge in [-0.15, -0.1) is 0 Å². The number of carbonyl (C=O) groups excluding carboxylic acids is 1. The highest BCUT2D eigenvalue weighted by molar-refractivity contribution is 8.02. The third-order valence-corrected chi connectivity index (χ3v) is 10.6. The highest BCUT2D eigenvalue weighted by atomic mass is 32.2. The Balaban J connectivity index is 2.21. The number of hydrogen-bond acceptors (Lipinski definition) is 4. The lowest BCUT2D eigenvalue weighted by atomic mass is 10.2. The summed E-state index contributed by atoms with van der Waals surface area (Å²) in [7, 11) is -2.00. The molecule has 2 rings (SSSR count). The number of ether oxygens (including phenoxy) is 1. The van der Waals surface area contributed by atoms with Crippen molar-refractivity contribution in [3.05, 3.63) is 41.8 Å². The molecule has 2 atom stereocenters. The summed E-state index contributed by atoms with van der Waals surface area (Å²) in [4.78, 5) is 12.7. The van der Waals surface area contributed by atoms with Crippen molar-refractivity contribution >= 4 is 26.0 Å². The molecule has 1 aromatic carbocycles. The normalized spacial score (nSPS) is 26.7. The van der Waals surface area contributed by atoms with E-state index in [-0.39, 0.29) is 11.0 Å². The van der Waals surface area contributed by atoms with Crippen LogP contribution in [0, 0.1) is 0 Å². The molecule has 1 aromatic rings. The van der Waals surface area contributed by atoms with Crippen molar-refractivity contribution in [2.75, 3.05) is 0 Å². The number of rotatable bonds is 6. The van der Waals surface area contributed by atoms with E-state index in [0.29, 0.717) is 6.42 Å².